The van der Waals surface area contributed by atoms with Crippen molar-refractivity contribution >= 4 is 27.4 Å². The van der Waals surface area contributed by atoms with E-state index in [0.717, 1.165) is 6.55 Å². The third-order valence-electron chi connectivity index (χ3n) is 1.05. The van der Waals surface area contributed by atoms with Crippen molar-refractivity contribution < 1.29 is 23.3 Å². The van der Waals surface area contributed by atoms with Gasteiger partial charge in [-0.2, -0.15) is 0 Å². The first-order chi connectivity index (χ1) is 5.48. The zero-order valence-electron chi connectivity index (χ0n) is 6.27. The van der Waals surface area contributed by atoms with Crippen molar-refractivity contribution in [3.63, 3.8) is 0 Å². The van der Waals surface area contributed by atoms with Gasteiger partial charge in [0.1, 0.15) is 0 Å². The molecule has 0 fully saturated rings. The SMILES string of the molecule is C[Si](=O)OC(C=O)(C=O)C(N)=O. The topological polar surface area (TPSA) is 104 Å². The molecule has 0 aromatic rings. The van der Waals surface area contributed by atoms with E-state index in [1.807, 2.05) is 0 Å². The molecule has 12 heavy (non-hydrogen) atoms. The minimum Gasteiger partial charge on any atom is -0.498 e. The van der Waals surface area contributed by atoms with Crippen LogP contribution in [-0.4, -0.2) is 33.0 Å². The van der Waals surface area contributed by atoms with E-state index < -0.39 is 20.4 Å². The molecule has 66 valence electrons. The van der Waals surface area contributed by atoms with Crippen LogP contribution in [0.2, 0.25) is 6.55 Å². The second-order valence-electron chi connectivity index (χ2n) is 1.99. The van der Waals surface area contributed by atoms with Crippen LogP contribution in [0.1, 0.15) is 0 Å². The fourth-order valence-electron chi connectivity index (χ4n) is 0.480. The first-order valence-electron chi connectivity index (χ1n) is 2.90. The van der Waals surface area contributed by atoms with Gasteiger partial charge < -0.3 is 14.6 Å². The van der Waals surface area contributed by atoms with E-state index in [-0.39, 0.29) is 12.6 Å². The summed E-state index contributed by atoms with van der Waals surface area (Å²) in [4.78, 5) is 31.0. The average molecular weight is 189 g/mol. The van der Waals surface area contributed by atoms with Crippen molar-refractivity contribution in [2.45, 2.75) is 12.1 Å². The summed E-state index contributed by atoms with van der Waals surface area (Å²) in [5.41, 5.74) is 2.31. The van der Waals surface area contributed by atoms with Crippen molar-refractivity contribution in [3.8, 4) is 0 Å². The number of hydrogen-bond donors (Lipinski definition) is 1. The number of nitrogens with two attached hydrogens (primary N) is 1. The molecule has 0 heterocycles. The van der Waals surface area contributed by atoms with Crippen LogP contribution in [0, 0.1) is 0 Å². The molecule has 0 unspecified atom stereocenters. The lowest BCUT2D eigenvalue weighted by Gasteiger charge is -2.16. The Kier molecular flexibility index (Phi) is 3.42. The monoisotopic (exact) mass is 189 g/mol. The molecule has 0 aromatic heterocycles. The summed E-state index contributed by atoms with van der Waals surface area (Å²) in [5, 5.41) is 0. The molecule has 0 saturated heterocycles. The molecule has 0 saturated carbocycles. The van der Waals surface area contributed by atoms with Gasteiger partial charge >= 0.3 is 8.93 Å². The van der Waals surface area contributed by atoms with E-state index in [4.69, 9.17) is 5.73 Å². The third-order valence-corrected chi connectivity index (χ3v) is 1.67. The van der Waals surface area contributed by atoms with E-state index >= 15 is 0 Å². The van der Waals surface area contributed by atoms with Gasteiger partial charge in [0.15, 0.2) is 12.6 Å². The standard InChI is InChI=1S/C5H7NO5Si/c1-12(10)11-5(2-7,3-8)4(6)9/h2-3H,1H3,(H2,6,9). The van der Waals surface area contributed by atoms with Gasteiger partial charge in [0.2, 0.25) is 0 Å². The molecule has 0 bridgehead atoms. The van der Waals surface area contributed by atoms with Crippen LogP contribution in [0.15, 0.2) is 0 Å². The highest BCUT2D eigenvalue weighted by Crippen LogP contribution is 2.02. The van der Waals surface area contributed by atoms with Gasteiger partial charge in [0.05, 0.1) is 0 Å². The molecular weight excluding hydrogens is 182 g/mol. The highest BCUT2D eigenvalue weighted by Gasteiger charge is 2.39. The summed E-state index contributed by atoms with van der Waals surface area (Å²) >= 11 is 0. The van der Waals surface area contributed by atoms with Crippen molar-refractivity contribution in [1.82, 2.24) is 0 Å². The van der Waals surface area contributed by atoms with Crippen LogP contribution in [0.3, 0.4) is 0 Å². The van der Waals surface area contributed by atoms with Crippen LogP contribution in [0.5, 0.6) is 0 Å². The molecule has 6 nitrogen and oxygen atoms in total. The Morgan fingerprint density at radius 1 is 1.50 bits per heavy atom. The highest BCUT2D eigenvalue weighted by atomic mass is 28.3. The van der Waals surface area contributed by atoms with Gasteiger partial charge in [0.25, 0.3) is 11.5 Å². The average Bonchev–Trinajstić information content (AvgIpc) is 1.99. The van der Waals surface area contributed by atoms with Gasteiger partial charge in [-0.05, 0) is 0 Å². The second-order valence-corrected chi connectivity index (χ2v) is 3.17. The van der Waals surface area contributed by atoms with Crippen LogP contribution < -0.4 is 5.73 Å². The molecule has 0 aliphatic carbocycles. The molecule has 2 N–H and O–H groups in total. The maximum absolute atomic E-state index is 10.5. The van der Waals surface area contributed by atoms with Gasteiger partial charge in [-0.15, -0.1) is 0 Å². The largest absolute Gasteiger partial charge is 0.500 e. The van der Waals surface area contributed by atoms with E-state index in [1.54, 1.807) is 0 Å². The Morgan fingerprint density at radius 2 is 1.92 bits per heavy atom. The summed E-state index contributed by atoms with van der Waals surface area (Å²) in [6.45, 7) is 1.13. The minimum absolute atomic E-state index is 0.0750. The Morgan fingerprint density at radius 3 is 2.00 bits per heavy atom. The molecule has 0 atom stereocenters. The van der Waals surface area contributed by atoms with Gasteiger partial charge in [-0.25, -0.2) is 0 Å². The maximum Gasteiger partial charge on any atom is 0.500 e. The summed E-state index contributed by atoms with van der Waals surface area (Å²) in [7, 11) is -2.57. The summed E-state index contributed by atoms with van der Waals surface area (Å²) in [6, 6.07) is 0. The number of aldehydes is 2. The van der Waals surface area contributed by atoms with Crippen molar-refractivity contribution in [3.05, 3.63) is 0 Å². The molecule has 0 aliphatic rings. The van der Waals surface area contributed by atoms with Crippen LogP contribution in [0.4, 0.5) is 0 Å². The molecule has 1 amide bonds. The van der Waals surface area contributed by atoms with Crippen molar-refractivity contribution in [1.29, 1.82) is 0 Å². The van der Waals surface area contributed by atoms with E-state index in [9.17, 15) is 18.8 Å². The van der Waals surface area contributed by atoms with Gasteiger partial charge in [-0.3, -0.25) is 14.4 Å². The zero-order chi connectivity index (χ0) is 9.78. The van der Waals surface area contributed by atoms with Crippen LogP contribution in [0.25, 0.3) is 0 Å². The number of carbonyl (C=O) groups is 3. The lowest BCUT2D eigenvalue weighted by atomic mass is 10.1. The molecule has 0 radical (unpaired) electrons. The van der Waals surface area contributed by atoms with Gasteiger partial charge in [-0.1, -0.05) is 0 Å². The van der Waals surface area contributed by atoms with E-state index in [0.29, 0.717) is 0 Å². The first-order valence-corrected chi connectivity index (χ1v) is 4.72. The zero-order valence-corrected chi connectivity index (χ0v) is 7.27. The van der Waals surface area contributed by atoms with Crippen molar-refractivity contribution in [2.75, 3.05) is 0 Å². The number of rotatable bonds is 5. The molecule has 7 heteroatoms. The Bertz CT molecular complexity index is 230. The molecule has 0 aliphatic heterocycles. The van der Waals surface area contributed by atoms with Crippen molar-refractivity contribution in [2.24, 2.45) is 5.73 Å². The fourth-order valence-corrected chi connectivity index (χ4v) is 1.15. The molecule has 0 spiro atoms. The smallest absolute Gasteiger partial charge is 0.498 e. The third kappa shape index (κ3) is 2.05. The van der Waals surface area contributed by atoms with E-state index in [2.05, 4.69) is 4.43 Å². The highest BCUT2D eigenvalue weighted by molar-refractivity contribution is 6.35. The van der Waals surface area contributed by atoms with Crippen LogP contribution >= 0.6 is 0 Å². The Labute approximate surface area is 69.5 Å². The second kappa shape index (κ2) is 3.86. The number of carbonyl (C=O) groups excluding carboxylic acids is 3. The summed E-state index contributed by atoms with van der Waals surface area (Å²) < 4.78 is 14.9. The lowest BCUT2D eigenvalue weighted by Crippen LogP contribution is -2.50. The van der Waals surface area contributed by atoms with Gasteiger partial charge in [0, 0.05) is 6.55 Å². The number of hydrogen-bond acceptors (Lipinski definition) is 5. The first kappa shape index (κ1) is 10.6. The Hall–Kier alpha value is -1.37. The summed E-state index contributed by atoms with van der Waals surface area (Å²) in [5.74, 6) is -1.27. The number of primary amides is 1. The maximum atomic E-state index is 10.5. The Balaban J connectivity index is 4.82. The van der Waals surface area contributed by atoms with E-state index in [1.165, 1.54) is 0 Å². The fraction of sp³-hybridized carbons (Fsp3) is 0.400. The minimum atomic E-state index is -2.57. The lowest BCUT2D eigenvalue weighted by molar-refractivity contribution is -0.145. The number of amides is 1. The van der Waals surface area contributed by atoms with Crippen LogP contribution in [-0.2, 0) is 23.3 Å². The predicted octanol–water partition coefficient (Wildman–Crippen LogP) is -1.83. The normalized spacial score (nSPS) is 10.1. The molecule has 0 rings (SSSR count). The predicted molar refractivity (Wildman–Crippen MR) is 37.4 cm³/mol. The molecule has 0 aromatic carbocycles. The summed E-state index contributed by atoms with van der Waals surface area (Å²) in [6.07, 6.45) is -0.150. The molecular formula is C5H7NO5Si. The quantitative estimate of drug-likeness (QED) is 0.311.